The number of hydrogen-bond donors (Lipinski definition) is 6. The van der Waals surface area contributed by atoms with E-state index >= 15 is 0 Å². The quantitative estimate of drug-likeness (QED) is 0.107. The third kappa shape index (κ3) is 16.0. The number of likely N-dealkylation sites (N-methyl/N-ethyl adjacent to an activating group) is 1. The fraction of sp³-hybridized carbons (Fsp3) is 0.829. The van der Waals surface area contributed by atoms with Gasteiger partial charge < -0.3 is 41.7 Å². The number of ether oxygens (including phenoxy) is 1. The summed E-state index contributed by atoms with van der Waals surface area (Å²) in [6.45, 7) is 6.94. The number of aliphatic hydroxyl groups excluding tert-OH is 1. The molecule has 52 heavy (non-hydrogen) atoms. The van der Waals surface area contributed by atoms with Crippen LogP contribution >= 0.6 is 0 Å². The van der Waals surface area contributed by atoms with Crippen LogP contribution in [0.25, 0.3) is 0 Å². The van der Waals surface area contributed by atoms with E-state index in [9.17, 15) is 47.0 Å². The van der Waals surface area contributed by atoms with Crippen molar-refractivity contribution in [2.24, 2.45) is 17.6 Å². The second-order valence-corrected chi connectivity index (χ2v) is 13.8. The van der Waals surface area contributed by atoms with Gasteiger partial charge in [-0.05, 0) is 32.1 Å². The SMILES string of the molecule is CCCCCCCCCC[C@H]1OC(=O)CNC(=O)[C@H]([C@H](C)O)NC(=O)[C@H](CN)NC(=O)[C@H]([C@H](C)CC)NC(=O)[C@H](CCC(F)(F)F)N(C)C(=O)[C@@H]1C. The van der Waals surface area contributed by atoms with E-state index in [2.05, 4.69) is 28.2 Å². The second kappa shape index (κ2) is 23.2. The molecule has 1 aliphatic rings. The Morgan fingerprint density at radius 2 is 1.42 bits per heavy atom. The van der Waals surface area contributed by atoms with Crippen LogP contribution in [0.5, 0.6) is 0 Å². The minimum absolute atomic E-state index is 0.220. The van der Waals surface area contributed by atoms with Gasteiger partial charge in [0, 0.05) is 20.0 Å². The van der Waals surface area contributed by atoms with Crippen LogP contribution < -0.4 is 27.0 Å². The summed E-state index contributed by atoms with van der Waals surface area (Å²) in [6, 6.07) is -6.06. The van der Waals surface area contributed by atoms with Gasteiger partial charge in [-0.2, -0.15) is 13.2 Å². The Morgan fingerprint density at radius 3 is 1.96 bits per heavy atom. The van der Waals surface area contributed by atoms with Crippen LogP contribution in [-0.2, 0) is 33.5 Å². The van der Waals surface area contributed by atoms with Crippen LogP contribution in [-0.4, -0.2) is 108 Å². The van der Waals surface area contributed by atoms with Crippen molar-refractivity contribution in [1.29, 1.82) is 0 Å². The average molecular weight is 751 g/mol. The lowest BCUT2D eigenvalue weighted by Gasteiger charge is -2.34. The summed E-state index contributed by atoms with van der Waals surface area (Å²) in [5.74, 6) is -7.22. The Balaban J connectivity index is 3.57. The molecule has 0 radical (unpaired) electrons. The first kappa shape index (κ1) is 46.6. The van der Waals surface area contributed by atoms with Crippen molar-refractivity contribution in [1.82, 2.24) is 26.2 Å². The Kier molecular flexibility index (Phi) is 20.8. The number of unbranched alkanes of at least 4 members (excludes halogenated alkanes) is 7. The third-order valence-corrected chi connectivity index (χ3v) is 9.52. The number of amides is 5. The van der Waals surface area contributed by atoms with E-state index < -0.39 is 116 Å². The Morgan fingerprint density at radius 1 is 0.846 bits per heavy atom. The number of nitrogens with two attached hydrogens (primary N) is 1. The molecule has 8 atom stereocenters. The number of nitrogens with zero attached hydrogens (tertiary/aromatic N) is 1. The van der Waals surface area contributed by atoms with Gasteiger partial charge in [-0.3, -0.25) is 28.8 Å². The number of esters is 1. The molecule has 0 spiro atoms. The first-order valence-electron chi connectivity index (χ1n) is 18.5. The lowest BCUT2D eigenvalue weighted by atomic mass is 9.95. The van der Waals surface area contributed by atoms with E-state index in [1.807, 2.05) is 0 Å². The minimum atomic E-state index is -4.67. The molecule has 0 aromatic heterocycles. The Labute approximate surface area is 305 Å². The summed E-state index contributed by atoms with van der Waals surface area (Å²) < 4.78 is 46.0. The number of carbonyl (C=O) groups is 6. The first-order chi connectivity index (χ1) is 24.4. The van der Waals surface area contributed by atoms with Crippen molar-refractivity contribution in [2.75, 3.05) is 20.1 Å². The van der Waals surface area contributed by atoms with Gasteiger partial charge in [0.2, 0.25) is 29.5 Å². The highest BCUT2D eigenvalue weighted by atomic mass is 19.4. The molecule has 0 saturated carbocycles. The minimum Gasteiger partial charge on any atom is -0.460 e. The molecule has 17 heteroatoms. The van der Waals surface area contributed by atoms with E-state index in [1.165, 1.54) is 20.9 Å². The zero-order valence-corrected chi connectivity index (χ0v) is 31.5. The molecule has 5 amide bonds. The molecule has 0 bridgehead atoms. The molecular formula is C35H61F3N6O8. The molecule has 0 aliphatic carbocycles. The van der Waals surface area contributed by atoms with Gasteiger partial charge >= 0.3 is 12.1 Å². The molecular weight excluding hydrogens is 689 g/mol. The summed E-state index contributed by atoms with van der Waals surface area (Å²) >= 11 is 0. The number of halogens is 3. The summed E-state index contributed by atoms with van der Waals surface area (Å²) in [5, 5.41) is 19.8. The van der Waals surface area contributed by atoms with Crippen molar-refractivity contribution in [3.63, 3.8) is 0 Å². The molecule has 1 aliphatic heterocycles. The van der Waals surface area contributed by atoms with E-state index in [1.54, 1.807) is 13.8 Å². The number of rotatable bonds is 15. The molecule has 0 aromatic rings. The smallest absolute Gasteiger partial charge is 0.389 e. The van der Waals surface area contributed by atoms with Crippen LogP contribution in [0.3, 0.4) is 0 Å². The number of nitrogens with one attached hydrogen (secondary N) is 4. The maximum absolute atomic E-state index is 13.9. The molecule has 7 N–H and O–H groups in total. The number of alkyl halides is 3. The predicted molar refractivity (Wildman–Crippen MR) is 187 cm³/mol. The van der Waals surface area contributed by atoms with Gasteiger partial charge in [0.25, 0.3) is 0 Å². The number of cyclic esters (lactones) is 1. The zero-order chi connectivity index (χ0) is 39.6. The van der Waals surface area contributed by atoms with Crippen LogP contribution in [0.2, 0.25) is 0 Å². The van der Waals surface area contributed by atoms with Gasteiger partial charge in [-0.25, -0.2) is 0 Å². The highest BCUT2D eigenvalue weighted by Crippen LogP contribution is 2.26. The van der Waals surface area contributed by atoms with Crippen LogP contribution in [0, 0.1) is 11.8 Å². The Bertz CT molecular complexity index is 1170. The molecule has 14 nitrogen and oxygen atoms in total. The molecule has 1 fully saturated rings. The number of carbonyl (C=O) groups excluding carboxylic acids is 6. The van der Waals surface area contributed by atoms with Crippen LogP contribution in [0.1, 0.15) is 112 Å². The monoisotopic (exact) mass is 750 g/mol. The van der Waals surface area contributed by atoms with Crippen molar-refractivity contribution in [2.45, 2.75) is 154 Å². The lowest BCUT2D eigenvalue weighted by molar-refractivity contribution is -0.159. The van der Waals surface area contributed by atoms with Crippen molar-refractivity contribution >= 4 is 35.5 Å². The molecule has 0 aromatic carbocycles. The topological polar surface area (TPSA) is 209 Å². The first-order valence-corrected chi connectivity index (χ1v) is 18.5. The third-order valence-electron chi connectivity index (χ3n) is 9.52. The van der Waals surface area contributed by atoms with Crippen LogP contribution in [0.15, 0.2) is 0 Å². The molecule has 0 unspecified atom stereocenters. The fourth-order valence-electron chi connectivity index (χ4n) is 5.91. The summed E-state index contributed by atoms with van der Waals surface area (Å²) in [6.07, 6.45) is -1.17. The zero-order valence-electron chi connectivity index (χ0n) is 31.5. The van der Waals surface area contributed by atoms with Crippen molar-refractivity contribution in [3.8, 4) is 0 Å². The number of hydrogen-bond acceptors (Lipinski definition) is 9. The largest absolute Gasteiger partial charge is 0.460 e. The standard InChI is InChI=1S/C35H61F3N6O8/c1-7-9-10-11-12-13-14-15-16-26-22(4)34(51)44(6)25(17-18-35(36,37)38)31(48)42-28(21(3)8-2)33(50)41-24(19-39)30(47)43-29(23(5)45)32(49)40-20-27(46)52-26/h21-26,28-29,45H,7-20,39H2,1-6H3,(H,40,49)(H,41,50)(H,42,48)(H,43,47)/t21-,22-,23+,24+,25+,26-,28+,29+/m1/s1. The maximum atomic E-state index is 13.9. The lowest BCUT2D eigenvalue weighted by Crippen LogP contribution is -2.62. The van der Waals surface area contributed by atoms with Gasteiger partial charge in [0.15, 0.2) is 0 Å². The summed E-state index contributed by atoms with van der Waals surface area (Å²) in [5.41, 5.74) is 5.75. The van der Waals surface area contributed by atoms with E-state index in [4.69, 9.17) is 10.5 Å². The average Bonchev–Trinajstić information content (AvgIpc) is 3.08. The van der Waals surface area contributed by atoms with Crippen molar-refractivity contribution < 1.29 is 51.8 Å². The van der Waals surface area contributed by atoms with E-state index in [0.29, 0.717) is 12.8 Å². The van der Waals surface area contributed by atoms with Gasteiger partial charge in [0.05, 0.1) is 12.0 Å². The van der Waals surface area contributed by atoms with Gasteiger partial charge in [-0.15, -0.1) is 0 Å². The van der Waals surface area contributed by atoms with Crippen molar-refractivity contribution in [3.05, 3.63) is 0 Å². The molecule has 1 rings (SSSR count). The van der Waals surface area contributed by atoms with E-state index in [0.717, 1.165) is 49.8 Å². The molecule has 300 valence electrons. The molecule has 1 saturated heterocycles. The second-order valence-electron chi connectivity index (χ2n) is 13.8. The van der Waals surface area contributed by atoms with Gasteiger partial charge in [0.1, 0.15) is 36.8 Å². The molecule has 1 heterocycles. The van der Waals surface area contributed by atoms with Gasteiger partial charge in [-0.1, -0.05) is 79.1 Å². The Hall–Kier alpha value is -3.47. The fourth-order valence-corrected chi connectivity index (χ4v) is 5.91. The van der Waals surface area contributed by atoms with E-state index in [-0.39, 0.29) is 6.42 Å². The van der Waals surface area contributed by atoms with Crippen LogP contribution in [0.4, 0.5) is 13.2 Å². The maximum Gasteiger partial charge on any atom is 0.389 e. The summed E-state index contributed by atoms with van der Waals surface area (Å²) in [7, 11) is 1.18. The normalized spacial score (nSPS) is 26.2. The number of aliphatic hydroxyl groups is 1. The predicted octanol–water partition coefficient (Wildman–Crippen LogP) is 2.20. The highest BCUT2D eigenvalue weighted by molar-refractivity contribution is 5.96. The highest BCUT2D eigenvalue weighted by Gasteiger charge is 2.40. The summed E-state index contributed by atoms with van der Waals surface area (Å²) in [4.78, 5) is 81.2.